The Balaban J connectivity index is 4.01. The van der Waals surface area contributed by atoms with E-state index in [0.717, 1.165) is 0 Å². The summed E-state index contributed by atoms with van der Waals surface area (Å²) in [5.41, 5.74) is 9.96. The fraction of sp³-hybridized carbons (Fsp3) is 0.400. The van der Waals surface area contributed by atoms with Gasteiger partial charge in [-0.3, -0.25) is 0 Å². The van der Waals surface area contributed by atoms with E-state index < -0.39 is 23.9 Å². The first-order chi connectivity index (χ1) is 5.49. The smallest absolute Gasteiger partial charge is 0.424 e. The van der Waals surface area contributed by atoms with E-state index >= 15 is 0 Å². The van der Waals surface area contributed by atoms with Gasteiger partial charge in [-0.2, -0.15) is 0 Å². The molecule has 7 nitrogen and oxygen atoms in total. The van der Waals surface area contributed by atoms with Crippen molar-refractivity contribution >= 4 is 17.9 Å². The first kappa shape index (κ1) is 10.5. The molecular formula is C5H8N2O5. The summed E-state index contributed by atoms with van der Waals surface area (Å²) >= 11 is 0. The summed E-state index contributed by atoms with van der Waals surface area (Å²) in [7, 11) is 0. The van der Waals surface area contributed by atoms with Gasteiger partial charge < -0.3 is 21.3 Å². The monoisotopic (exact) mass is 176 g/mol. The number of carbonyl (C=O) groups excluding carboxylic acids is 2. The summed E-state index contributed by atoms with van der Waals surface area (Å²) in [5, 5.41) is 7.99. The maximum absolute atomic E-state index is 10.6. The zero-order valence-corrected chi connectivity index (χ0v) is 6.02. The van der Waals surface area contributed by atoms with Crippen LogP contribution in [0.25, 0.3) is 0 Å². The minimum absolute atomic E-state index is 0.217. The highest BCUT2D eigenvalue weighted by molar-refractivity contribution is 6.30. The quantitative estimate of drug-likeness (QED) is 0.239. The Hall–Kier alpha value is -1.47. The van der Waals surface area contributed by atoms with Gasteiger partial charge in [-0.05, 0) is 0 Å². The van der Waals surface area contributed by atoms with Gasteiger partial charge in [-0.1, -0.05) is 0 Å². The lowest BCUT2D eigenvalue weighted by Gasteiger charge is -2.04. The fourth-order valence-corrected chi connectivity index (χ4v) is 0.307. The van der Waals surface area contributed by atoms with Crippen molar-refractivity contribution in [1.82, 2.24) is 0 Å². The van der Waals surface area contributed by atoms with Crippen molar-refractivity contribution in [3.8, 4) is 0 Å². The lowest BCUT2D eigenvalue weighted by atomic mass is 10.3. The van der Waals surface area contributed by atoms with Crippen LogP contribution in [0.1, 0.15) is 0 Å². The second kappa shape index (κ2) is 4.42. The maximum atomic E-state index is 10.6. The second-order valence-corrected chi connectivity index (χ2v) is 1.86. The number of ether oxygens (including phenoxy) is 1. The molecule has 0 aliphatic heterocycles. The van der Waals surface area contributed by atoms with Crippen LogP contribution in [0.15, 0.2) is 0 Å². The van der Waals surface area contributed by atoms with Crippen LogP contribution < -0.4 is 11.5 Å². The number of carboxylic acid groups (broad SMARTS) is 1. The van der Waals surface area contributed by atoms with Crippen LogP contribution >= 0.6 is 0 Å². The predicted octanol–water partition coefficient (Wildman–Crippen LogP) is -2.57. The van der Waals surface area contributed by atoms with Gasteiger partial charge in [-0.25, -0.2) is 14.4 Å². The molecular weight excluding hydrogens is 168 g/mol. The first-order valence-electron chi connectivity index (χ1n) is 2.93. The largest absolute Gasteiger partial charge is 0.473 e. The first-order valence-corrected chi connectivity index (χ1v) is 2.93. The van der Waals surface area contributed by atoms with Crippen LogP contribution in [0.3, 0.4) is 0 Å². The lowest BCUT2D eigenvalue weighted by Crippen LogP contribution is -2.40. The molecule has 0 spiro atoms. The highest BCUT2D eigenvalue weighted by Gasteiger charge is 2.21. The molecule has 0 aliphatic carbocycles. The van der Waals surface area contributed by atoms with Crippen molar-refractivity contribution in [2.24, 2.45) is 11.5 Å². The molecule has 0 saturated carbocycles. The standard InChI is InChI=1S/C5H8N2O5/c6-1-2(7)4(10)12-5(11)3(8)9/h2H,1,6-7H2,(H,8,9)/t2-/m0/s1. The third-order valence-electron chi connectivity index (χ3n) is 0.925. The summed E-state index contributed by atoms with van der Waals surface area (Å²) < 4.78 is 3.78. The molecule has 0 radical (unpaired) electrons. The van der Waals surface area contributed by atoms with Gasteiger partial charge in [0, 0.05) is 6.54 Å². The topological polar surface area (TPSA) is 133 Å². The van der Waals surface area contributed by atoms with Crippen molar-refractivity contribution in [3.63, 3.8) is 0 Å². The molecule has 0 rings (SSSR count). The van der Waals surface area contributed by atoms with E-state index in [1.54, 1.807) is 0 Å². The Morgan fingerprint density at radius 2 is 1.92 bits per heavy atom. The Morgan fingerprint density at radius 3 is 2.25 bits per heavy atom. The number of hydrogen-bond donors (Lipinski definition) is 3. The molecule has 0 saturated heterocycles. The molecule has 0 aromatic heterocycles. The summed E-state index contributed by atoms with van der Waals surface area (Å²) in [6.45, 7) is -0.217. The summed E-state index contributed by atoms with van der Waals surface area (Å²) in [4.78, 5) is 30.7. The average molecular weight is 176 g/mol. The van der Waals surface area contributed by atoms with Gasteiger partial charge in [0.2, 0.25) is 0 Å². The van der Waals surface area contributed by atoms with E-state index in [-0.39, 0.29) is 6.54 Å². The van der Waals surface area contributed by atoms with Crippen LogP contribution in [0.4, 0.5) is 0 Å². The van der Waals surface area contributed by atoms with Crippen LogP contribution in [-0.4, -0.2) is 35.6 Å². The molecule has 68 valence electrons. The molecule has 0 aromatic carbocycles. The lowest BCUT2D eigenvalue weighted by molar-refractivity contribution is -0.171. The number of aliphatic carboxylic acids is 1. The zero-order valence-electron chi connectivity index (χ0n) is 6.02. The van der Waals surface area contributed by atoms with Gasteiger partial charge in [0.1, 0.15) is 6.04 Å². The van der Waals surface area contributed by atoms with E-state index in [9.17, 15) is 14.4 Å². The summed E-state index contributed by atoms with van der Waals surface area (Å²) in [5.74, 6) is -4.67. The van der Waals surface area contributed by atoms with Gasteiger partial charge in [0.15, 0.2) is 0 Å². The van der Waals surface area contributed by atoms with Gasteiger partial charge >= 0.3 is 17.9 Å². The SMILES string of the molecule is NC[C@H](N)C(=O)OC(=O)C(=O)O. The normalized spacial score (nSPS) is 11.8. The molecule has 0 heterocycles. The number of hydrogen-bond acceptors (Lipinski definition) is 6. The zero-order chi connectivity index (χ0) is 9.72. The van der Waals surface area contributed by atoms with Crippen LogP contribution in [-0.2, 0) is 19.1 Å². The van der Waals surface area contributed by atoms with Crippen LogP contribution in [0, 0.1) is 0 Å². The molecule has 7 heteroatoms. The molecule has 1 atom stereocenters. The third-order valence-corrected chi connectivity index (χ3v) is 0.925. The summed E-state index contributed by atoms with van der Waals surface area (Å²) in [6.07, 6.45) is 0. The molecule has 0 unspecified atom stereocenters. The molecule has 0 aromatic rings. The van der Waals surface area contributed by atoms with E-state index in [2.05, 4.69) is 4.74 Å². The van der Waals surface area contributed by atoms with E-state index in [1.165, 1.54) is 0 Å². The highest BCUT2D eigenvalue weighted by Crippen LogP contribution is 1.85. The predicted molar refractivity (Wildman–Crippen MR) is 35.8 cm³/mol. The van der Waals surface area contributed by atoms with Crippen LogP contribution in [0.5, 0.6) is 0 Å². The number of nitrogens with two attached hydrogens (primary N) is 2. The minimum atomic E-state index is -1.85. The fourth-order valence-electron chi connectivity index (χ4n) is 0.307. The molecule has 0 aliphatic rings. The Morgan fingerprint density at radius 1 is 1.42 bits per heavy atom. The minimum Gasteiger partial charge on any atom is -0.473 e. The van der Waals surface area contributed by atoms with E-state index in [1.807, 2.05) is 0 Å². The molecule has 5 N–H and O–H groups in total. The Labute approximate surface area is 67.3 Å². The third kappa shape index (κ3) is 3.08. The van der Waals surface area contributed by atoms with Crippen molar-refractivity contribution in [3.05, 3.63) is 0 Å². The van der Waals surface area contributed by atoms with Gasteiger partial charge in [0.25, 0.3) is 0 Å². The van der Waals surface area contributed by atoms with Crippen molar-refractivity contribution in [1.29, 1.82) is 0 Å². The number of carboxylic acids is 1. The molecule has 0 amide bonds. The van der Waals surface area contributed by atoms with Crippen molar-refractivity contribution < 1.29 is 24.2 Å². The second-order valence-electron chi connectivity index (χ2n) is 1.86. The average Bonchev–Trinajstić information content (AvgIpc) is 2.02. The van der Waals surface area contributed by atoms with Gasteiger partial charge in [0.05, 0.1) is 0 Å². The van der Waals surface area contributed by atoms with Crippen LogP contribution in [0.2, 0.25) is 0 Å². The van der Waals surface area contributed by atoms with E-state index in [0.29, 0.717) is 0 Å². The molecule has 0 fully saturated rings. The number of carbonyl (C=O) groups is 3. The molecule has 12 heavy (non-hydrogen) atoms. The van der Waals surface area contributed by atoms with Gasteiger partial charge in [-0.15, -0.1) is 0 Å². The highest BCUT2D eigenvalue weighted by atomic mass is 16.6. The van der Waals surface area contributed by atoms with Crippen molar-refractivity contribution in [2.75, 3.05) is 6.54 Å². The number of rotatable bonds is 2. The Bertz CT molecular complexity index is 214. The Kier molecular flexibility index (Phi) is 3.88. The van der Waals surface area contributed by atoms with E-state index in [4.69, 9.17) is 16.6 Å². The summed E-state index contributed by atoms with van der Waals surface area (Å²) in [6, 6.07) is -1.17. The number of esters is 2. The maximum Gasteiger partial charge on any atom is 0.424 e. The van der Waals surface area contributed by atoms with Crippen molar-refractivity contribution in [2.45, 2.75) is 6.04 Å². The molecule has 0 bridgehead atoms.